The minimum atomic E-state index is -0.713. The molecular weight excluding hydrogens is 212 g/mol. The summed E-state index contributed by atoms with van der Waals surface area (Å²) in [7, 11) is 0. The topological polar surface area (TPSA) is 95.4 Å². The molecule has 88 valence electrons. The van der Waals surface area contributed by atoms with Gasteiger partial charge in [-0.05, 0) is 12.5 Å². The molecule has 0 aromatic carbocycles. The summed E-state index contributed by atoms with van der Waals surface area (Å²) in [5.74, 6) is 0. The van der Waals surface area contributed by atoms with Crippen LogP contribution in [-0.4, -0.2) is 39.0 Å². The first kappa shape index (κ1) is 11.3. The lowest BCUT2D eigenvalue weighted by atomic mass is 10.1. The molecule has 0 aliphatic carbocycles. The van der Waals surface area contributed by atoms with Crippen molar-refractivity contribution in [2.24, 2.45) is 0 Å². The number of aryl methyl sites for hydroxylation is 1. The monoisotopic (exact) mass is 226 g/mol. The number of H-pyrrole nitrogens is 1. The number of hydrogen-bond acceptors (Lipinski definition) is 5. The smallest absolute Gasteiger partial charge is 0.345 e. The van der Waals surface area contributed by atoms with Gasteiger partial charge in [-0.15, -0.1) is 0 Å². The van der Waals surface area contributed by atoms with Gasteiger partial charge in [0.25, 0.3) is 0 Å². The Morgan fingerprint density at radius 3 is 3.06 bits per heavy atom. The molecule has 1 aliphatic rings. The molecule has 2 heterocycles. The second-order valence-electron chi connectivity index (χ2n) is 3.92. The van der Waals surface area contributed by atoms with Gasteiger partial charge in [0, 0.05) is 12.6 Å². The van der Waals surface area contributed by atoms with E-state index in [9.17, 15) is 9.90 Å². The van der Waals surface area contributed by atoms with Crippen LogP contribution in [0.5, 0.6) is 0 Å². The third kappa shape index (κ3) is 1.99. The van der Waals surface area contributed by atoms with Crippen molar-refractivity contribution in [3.63, 3.8) is 0 Å². The summed E-state index contributed by atoms with van der Waals surface area (Å²) in [5.41, 5.74) is 0.889. The lowest BCUT2D eigenvalue weighted by Gasteiger charge is -2.12. The molecule has 1 unspecified atom stereocenters. The molecule has 1 aliphatic heterocycles. The maximum absolute atomic E-state index is 11.1. The summed E-state index contributed by atoms with van der Waals surface area (Å²) in [4.78, 5) is 17.4. The summed E-state index contributed by atoms with van der Waals surface area (Å²) < 4.78 is 5.43. The normalized spacial score (nSPS) is 29.6. The van der Waals surface area contributed by atoms with Gasteiger partial charge < -0.3 is 19.9 Å². The van der Waals surface area contributed by atoms with Gasteiger partial charge in [-0.3, -0.25) is 0 Å². The van der Waals surface area contributed by atoms with Gasteiger partial charge in [0.05, 0.1) is 18.4 Å². The number of nitrogens with one attached hydrogen (secondary N) is 1. The summed E-state index contributed by atoms with van der Waals surface area (Å²) in [6.45, 7) is 1.57. The van der Waals surface area contributed by atoms with E-state index < -0.39 is 24.0 Å². The van der Waals surface area contributed by atoms with E-state index in [0.717, 1.165) is 5.56 Å². The van der Waals surface area contributed by atoms with Crippen LogP contribution in [0.4, 0.5) is 0 Å². The minimum absolute atomic E-state index is 0.236. The Morgan fingerprint density at radius 2 is 2.44 bits per heavy atom. The van der Waals surface area contributed by atoms with E-state index in [0.29, 0.717) is 12.1 Å². The SMILES string of the molecule is Cc1c[nH]c(=O)nc1C1C[C@H](O)[C@@H](CO)O1. The first-order chi connectivity index (χ1) is 7.61. The molecule has 3 N–H and O–H groups in total. The Labute approximate surface area is 91.9 Å². The highest BCUT2D eigenvalue weighted by Gasteiger charge is 2.35. The number of aliphatic hydroxyl groups is 2. The van der Waals surface area contributed by atoms with Gasteiger partial charge in [-0.1, -0.05) is 0 Å². The van der Waals surface area contributed by atoms with Gasteiger partial charge in [0.15, 0.2) is 0 Å². The Hall–Kier alpha value is -1.24. The molecule has 2 rings (SSSR count). The van der Waals surface area contributed by atoms with Gasteiger partial charge in [-0.2, -0.15) is 4.98 Å². The van der Waals surface area contributed by atoms with Crippen molar-refractivity contribution in [3.8, 4) is 0 Å². The zero-order valence-corrected chi connectivity index (χ0v) is 8.88. The Balaban J connectivity index is 2.26. The first-order valence-corrected chi connectivity index (χ1v) is 5.12. The molecule has 16 heavy (non-hydrogen) atoms. The van der Waals surface area contributed by atoms with Crippen LogP contribution in [-0.2, 0) is 4.74 Å². The van der Waals surface area contributed by atoms with E-state index in [-0.39, 0.29) is 6.61 Å². The molecule has 1 saturated heterocycles. The lowest BCUT2D eigenvalue weighted by Crippen LogP contribution is -2.24. The van der Waals surface area contributed by atoms with Crippen molar-refractivity contribution in [3.05, 3.63) is 27.9 Å². The molecule has 0 saturated carbocycles. The number of aromatic amines is 1. The lowest BCUT2D eigenvalue weighted by molar-refractivity contribution is -0.0238. The van der Waals surface area contributed by atoms with Crippen LogP contribution in [0, 0.1) is 6.92 Å². The average molecular weight is 226 g/mol. The van der Waals surface area contributed by atoms with Gasteiger partial charge >= 0.3 is 5.69 Å². The molecule has 1 aromatic heterocycles. The molecule has 1 aromatic rings. The van der Waals surface area contributed by atoms with Crippen molar-refractivity contribution in [1.29, 1.82) is 0 Å². The second kappa shape index (κ2) is 4.32. The van der Waals surface area contributed by atoms with Gasteiger partial charge in [0.2, 0.25) is 0 Å². The van der Waals surface area contributed by atoms with Crippen molar-refractivity contribution in [1.82, 2.24) is 9.97 Å². The van der Waals surface area contributed by atoms with Crippen molar-refractivity contribution < 1.29 is 14.9 Å². The van der Waals surface area contributed by atoms with E-state index in [2.05, 4.69) is 9.97 Å². The fourth-order valence-corrected chi connectivity index (χ4v) is 1.87. The third-order valence-corrected chi connectivity index (χ3v) is 2.75. The largest absolute Gasteiger partial charge is 0.394 e. The van der Waals surface area contributed by atoms with E-state index >= 15 is 0 Å². The van der Waals surface area contributed by atoms with Crippen LogP contribution in [0.1, 0.15) is 23.8 Å². The molecule has 6 heteroatoms. The maximum atomic E-state index is 11.1. The van der Waals surface area contributed by atoms with E-state index in [1.54, 1.807) is 13.1 Å². The number of aromatic nitrogens is 2. The fourth-order valence-electron chi connectivity index (χ4n) is 1.87. The maximum Gasteiger partial charge on any atom is 0.345 e. The molecular formula is C10H14N2O4. The molecule has 0 bridgehead atoms. The summed E-state index contributed by atoms with van der Waals surface area (Å²) in [6, 6.07) is 0. The van der Waals surface area contributed by atoms with Crippen LogP contribution in [0.25, 0.3) is 0 Å². The molecule has 0 spiro atoms. The van der Waals surface area contributed by atoms with E-state index in [1.165, 1.54) is 0 Å². The first-order valence-electron chi connectivity index (χ1n) is 5.12. The van der Waals surface area contributed by atoms with Crippen LogP contribution < -0.4 is 5.69 Å². The number of nitrogens with zero attached hydrogens (tertiary/aromatic N) is 1. The molecule has 3 atom stereocenters. The third-order valence-electron chi connectivity index (χ3n) is 2.75. The summed E-state index contributed by atoms with van der Waals surface area (Å²) in [6.07, 6.45) is 0.185. The predicted octanol–water partition coefficient (Wildman–Crippen LogP) is -0.738. The van der Waals surface area contributed by atoms with E-state index in [4.69, 9.17) is 9.84 Å². The average Bonchev–Trinajstić information content (AvgIpc) is 2.63. The summed E-state index contributed by atoms with van der Waals surface area (Å²) >= 11 is 0. The molecule has 1 fully saturated rings. The number of ether oxygens (including phenoxy) is 1. The van der Waals surface area contributed by atoms with E-state index in [1.807, 2.05) is 0 Å². The minimum Gasteiger partial charge on any atom is -0.394 e. The quantitative estimate of drug-likeness (QED) is 0.617. The van der Waals surface area contributed by atoms with Gasteiger partial charge in [-0.25, -0.2) is 4.79 Å². The standard InChI is InChI=1S/C10H14N2O4/c1-5-3-11-10(15)12-9(5)7-2-6(14)8(4-13)16-7/h3,6-8,13-14H,2,4H2,1H3,(H,11,12,15)/t6-,7?,8+/m0/s1. The van der Waals surface area contributed by atoms with Gasteiger partial charge in [0.1, 0.15) is 12.2 Å². The zero-order valence-electron chi connectivity index (χ0n) is 8.88. The second-order valence-corrected chi connectivity index (χ2v) is 3.92. The molecule has 6 nitrogen and oxygen atoms in total. The van der Waals surface area contributed by atoms with Crippen molar-refractivity contribution in [2.75, 3.05) is 6.61 Å². The number of rotatable bonds is 2. The molecule has 0 radical (unpaired) electrons. The Kier molecular flexibility index (Phi) is 3.04. The highest BCUT2D eigenvalue weighted by atomic mass is 16.5. The fraction of sp³-hybridized carbons (Fsp3) is 0.600. The Bertz CT molecular complexity index is 431. The highest BCUT2D eigenvalue weighted by molar-refractivity contribution is 5.17. The van der Waals surface area contributed by atoms with Crippen LogP contribution >= 0.6 is 0 Å². The van der Waals surface area contributed by atoms with Crippen LogP contribution in [0.15, 0.2) is 11.0 Å². The van der Waals surface area contributed by atoms with Crippen molar-refractivity contribution in [2.45, 2.75) is 31.7 Å². The molecule has 0 amide bonds. The van der Waals surface area contributed by atoms with Crippen LogP contribution in [0.2, 0.25) is 0 Å². The highest BCUT2D eigenvalue weighted by Crippen LogP contribution is 2.32. The number of aliphatic hydroxyl groups excluding tert-OH is 2. The van der Waals surface area contributed by atoms with Crippen LogP contribution in [0.3, 0.4) is 0 Å². The zero-order chi connectivity index (χ0) is 11.7. The number of hydrogen-bond donors (Lipinski definition) is 3. The Morgan fingerprint density at radius 1 is 1.69 bits per heavy atom. The van der Waals surface area contributed by atoms with Crippen molar-refractivity contribution >= 4 is 0 Å². The summed E-state index contributed by atoms with van der Waals surface area (Å²) in [5, 5.41) is 18.5. The predicted molar refractivity (Wildman–Crippen MR) is 54.9 cm³/mol.